The first-order chi connectivity index (χ1) is 11.6. The van der Waals surface area contributed by atoms with E-state index in [1.807, 2.05) is 19.1 Å². The van der Waals surface area contributed by atoms with E-state index in [0.29, 0.717) is 12.0 Å². The second-order valence-electron chi connectivity index (χ2n) is 6.85. The predicted molar refractivity (Wildman–Crippen MR) is 102 cm³/mol. The summed E-state index contributed by atoms with van der Waals surface area (Å²) in [5.74, 6) is 0.584. The molecule has 1 saturated heterocycles. The monoisotopic (exact) mass is 342 g/mol. The number of hydrogen-bond donors (Lipinski definition) is 1. The molecule has 2 atom stereocenters. The Kier molecular flexibility index (Phi) is 5.36. The van der Waals surface area contributed by atoms with Crippen LogP contribution in [-0.4, -0.2) is 23.4 Å². The number of nitrogens with one attached hydrogen (secondary N) is 1. The molecule has 4 heteroatoms. The zero-order valence-corrected chi connectivity index (χ0v) is 15.5. The number of anilines is 1. The molecule has 3 nitrogen and oxygen atoms in total. The minimum atomic E-state index is -0.121. The molecular weight excluding hydrogens is 316 g/mol. The molecule has 1 aliphatic heterocycles. The number of rotatable bonds is 5. The van der Waals surface area contributed by atoms with Gasteiger partial charge in [0.05, 0.1) is 6.04 Å². The number of carbonyl (C=O) groups excluding carboxylic acids is 1. The zero-order valence-electron chi connectivity index (χ0n) is 14.7. The average molecular weight is 343 g/mol. The van der Waals surface area contributed by atoms with Crippen LogP contribution in [-0.2, 0) is 4.79 Å². The summed E-state index contributed by atoms with van der Waals surface area (Å²) in [6, 6.07) is 12.7. The maximum atomic E-state index is 12.7. The van der Waals surface area contributed by atoms with Gasteiger partial charge in [-0.15, -0.1) is 11.3 Å². The van der Waals surface area contributed by atoms with Crippen LogP contribution in [0.2, 0.25) is 0 Å². The fourth-order valence-electron chi connectivity index (χ4n) is 3.39. The lowest BCUT2D eigenvalue weighted by Crippen LogP contribution is -2.41. The third kappa shape index (κ3) is 3.70. The summed E-state index contributed by atoms with van der Waals surface area (Å²) >= 11 is 1.79. The molecule has 1 aromatic heterocycles. The van der Waals surface area contributed by atoms with Crippen molar-refractivity contribution in [1.29, 1.82) is 0 Å². The highest BCUT2D eigenvalue weighted by Gasteiger charge is 2.33. The van der Waals surface area contributed by atoms with Gasteiger partial charge in [0, 0.05) is 16.6 Å². The van der Waals surface area contributed by atoms with E-state index >= 15 is 0 Å². The number of hydrogen-bond acceptors (Lipinski definition) is 3. The molecule has 1 aliphatic rings. The van der Waals surface area contributed by atoms with Gasteiger partial charge in [0.15, 0.2) is 0 Å². The van der Waals surface area contributed by atoms with Crippen molar-refractivity contribution < 1.29 is 4.79 Å². The van der Waals surface area contributed by atoms with Gasteiger partial charge in [0.25, 0.3) is 0 Å². The van der Waals surface area contributed by atoms with Gasteiger partial charge in [-0.25, -0.2) is 0 Å². The van der Waals surface area contributed by atoms with E-state index in [1.54, 1.807) is 11.3 Å². The van der Waals surface area contributed by atoms with Gasteiger partial charge in [-0.3, -0.25) is 9.69 Å². The average Bonchev–Trinajstić information content (AvgIpc) is 3.25. The van der Waals surface area contributed by atoms with Gasteiger partial charge >= 0.3 is 0 Å². The lowest BCUT2D eigenvalue weighted by molar-refractivity contribution is -0.121. The topological polar surface area (TPSA) is 32.3 Å². The first-order valence-electron chi connectivity index (χ1n) is 8.76. The number of likely N-dealkylation sites (tertiary alicyclic amines) is 1. The minimum Gasteiger partial charge on any atom is -0.325 e. The van der Waals surface area contributed by atoms with E-state index in [1.165, 1.54) is 10.4 Å². The third-order valence-electron chi connectivity index (χ3n) is 4.89. The van der Waals surface area contributed by atoms with Crippen LogP contribution < -0.4 is 5.32 Å². The van der Waals surface area contributed by atoms with E-state index in [2.05, 4.69) is 53.7 Å². The predicted octanol–water partition coefficient (Wildman–Crippen LogP) is 5.04. The Labute approximate surface area is 148 Å². The van der Waals surface area contributed by atoms with Gasteiger partial charge in [0.1, 0.15) is 0 Å². The van der Waals surface area contributed by atoms with E-state index in [-0.39, 0.29) is 11.9 Å². The standard InChI is InChI=1S/C20H26N2OS/c1-14(2)16-8-10-17(11-9-16)21-20(23)15(3)22-12-4-6-18(22)19-7-5-13-24-19/h5,7-11,13-15,18H,4,6,12H2,1-3H3,(H,21,23)/t15-,18+/m0/s1. The van der Waals surface area contributed by atoms with Crippen LogP contribution >= 0.6 is 11.3 Å². The quantitative estimate of drug-likeness (QED) is 0.826. The Bertz CT molecular complexity index is 663. The second-order valence-corrected chi connectivity index (χ2v) is 7.83. The molecule has 0 bridgehead atoms. The van der Waals surface area contributed by atoms with Gasteiger partial charge in [-0.2, -0.15) is 0 Å². The summed E-state index contributed by atoms with van der Waals surface area (Å²) < 4.78 is 0. The van der Waals surface area contributed by atoms with Crippen LogP contribution in [0.25, 0.3) is 0 Å². The summed E-state index contributed by atoms with van der Waals surface area (Å²) in [6.07, 6.45) is 2.30. The van der Waals surface area contributed by atoms with Crippen LogP contribution in [0.5, 0.6) is 0 Å². The Balaban J connectivity index is 1.65. The number of amides is 1. The fourth-order valence-corrected chi connectivity index (χ4v) is 4.27. The van der Waals surface area contributed by atoms with Crippen molar-refractivity contribution >= 4 is 22.9 Å². The molecule has 0 spiro atoms. The van der Waals surface area contributed by atoms with Crippen molar-refractivity contribution in [3.05, 3.63) is 52.2 Å². The van der Waals surface area contributed by atoms with E-state index in [0.717, 1.165) is 25.1 Å². The van der Waals surface area contributed by atoms with Crippen LogP contribution in [0.4, 0.5) is 5.69 Å². The van der Waals surface area contributed by atoms with E-state index in [9.17, 15) is 4.79 Å². The Morgan fingerprint density at radius 2 is 1.96 bits per heavy atom. The highest BCUT2D eigenvalue weighted by Crippen LogP contribution is 2.36. The lowest BCUT2D eigenvalue weighted by atomic mass is 10.0. The fraction of sp³-hybridized carbons (Fsp3) is 0.450. The summed E-state index contributed by atoms with van der Waals surface area (Å²) in [4.78, 5) is 16.4. The van der Waals surface area contributed by atoms with Crippen molar-refractivity contribution in [2.24, 2.45) is 0 Å². The smallest absolute Gasteiger partial charge is 0.241 e. The molecule has 2 heterocycles. The van der Waals surface area contributed by atoms with E-state index < -0.39 is 0 Å². The largest absolute Gasteiger partial charge is 0.325 e. The van der Waals surface area contributed by atoms with E-state index in [4.69, 9.17) is 0 Å². The van der Waals surface area contributed by atoms with Crippen LogP contribution in [0.15, 0.2) is 41.8 Å². The summed E-state index contributed by atoms with van der Waals surface area (Å²) in [5.41, 5.74) is 2.17. The number of carbonyl (C=O) groups is 1. The molecule has 1 aromatic carbocycles. The SMILES string of the molecule is CC(C)c1ccc(NC(=O)[C@H](C)N2CCC[C@@H]2c2cccs2)cc1. The van der Waals surface area contributed by atoms with Crippen molar-refractivity contribution in [1.82, 2.24) is 4.90 Å². The van der Waals surface area contributed by atoms with Gasteiger partial charge in [-0.1, -0.05) is 32.0 Å². The molecular formula is C20H26N2OS. The molecule has 1 N–H and O–H groups in total. The number of nitrogens with zero attached hydrogens (tertiary/aromatic N) is 1. The number of benzene rings is 1. The molecule has 0 saturated carbocycles. The first-order valence-corrected chi connectivity index (χ1v) is 9.64. The minimum absolute atomic E-state index is 0.0794. The Hall–Kier alpha value is -1.65. The lowest BCUT2D eigenvalue weighted by Gasteiger charge is -2.29. The van der Waals surface area contributed by atoms with Crippen LogP contribution in [0, 0.1) is 0 Å². The molecule has 2 aromatic rings. The summed E-state index contributed by atoms with van der Waals surface area (Å²) in [5, 5.41) is 5.19. The highest BCUT2D eigenvalue weighted by atomic mass is 32.1. The third-order valence-corrected chi connectivity index (χ3v) is 5.86. The zero-order chi connectivity index (χ0) is 17.1. The van der Waals surface area contributed by atoms with Crippen molar-refractivity contribution in [2.45, 2.75) is 51.6 Å². The summed E-state index contributed by atoms with van der Waals surface area (Å²) in [6.45, 7) is 7.36. The maximum absolute atomic E-state index is 12.7. The van der Waals surface area contributed by atoms with Gasteiger partial charge in [-0.05, 0) is 61.4 Å². The molecule has 0 radical (unpaired) electrons. The van der Waals surface area contributed by atoms with Crippen LogP contribution in [0.1, 0.15) is 56.0 Å². The highest BCUT2D eigenvalue weighted by molar-refractivity contribution is 7.10. The molecule has 1 fully saturated rings. The van der Waals surface area contributed by atoms with Crippen molar-refractivity contribution in [3.63, 3.8) is 0 Å². The van der Waals surface area contributed by atoms with Crippen molar-refractivity contribution in [3.8, 4) is 0 Å². The molecule has 0 aliphatic carbocycles. The first kappa shape index (κ1) is 17.2. The normalized spacial score (nSPS) is 19.6. The molecule has 3 rings (SSSR count). The summed E-state index contributed by atoms with van der Waals surface area (Å²) in [7, 11) is 0. The molecule has 24 heavy (non-hydrogen) atoms. The van der Waals surface area contributed by atoms with Gasteiger partial charge < -0.3 is 5.32 Å². The molecule has 1 amide bonds. The Morgan fingerprint density at radius 3 is 2.58 bits per heavy atom. The van der Waals surface area contributed by atoms with Crippen LogP contribution in [0.3, 0.4) is 0 Å². The molecule has 0 unspecified atom stereocenters. The number of thiophene rings is 1. The molecule has 128 valence electrons. The van der Waals surface area contributed by atoms with Crippen molar-refractivity contribution in [2.75, 3.05) is 11.9 Å². The maximum Gasteiger partial charge on any atom is 0.241 e. The second kappa shape index (κ2) is 7.49. The van der Waals surface area contributed by atoms with Gasteiger partial charge in [0.2, 0.25) is 5.91 Å². The Morgan fingerprint density at radius 1 is 1.21 bits per heavy atom.